The molecule has 0 radical (unpaired) electrons. The molecule has 5 heteroatoms. The topological polar surface area (TPSA) is 58.4 Å². The van der Waals surface area contributed by atoms with Crippen molar-refractivity contribution in [2.45, 2.75) is 51.6 Å². The lowest BCUT2D eigenvalue weighted by atomic mass is 10.1. The number of halogens is 1. The zero-order valence-corrected chi connectivity index (χ0v) is 13.5. The number of rotatable bonds is 5. The molecular weight excluding hydrogens is 286 g/mol. The van der Waals surface area contributed by atoms with Gasteiger partial charge in [-0.25, -0.2) is 0 Å². The normalized spacial score (nSPS) is 22.4. The molecule has 0 aromatic heterocycles. The molecule has 1 aliphatic heterocycles. The first-order chi connectivity index (χ1) is 10.0. The Labute approximate surface area is 131 Å². The number of nitrogens with one attached hydrogen (secondary N) is 1. The van der Waals surface area contributed by atoms with Gasteiger partial charge >= 0.3 is 0 Å². The summed E-state index contributed by atoms with van der Waals surface area (Å²) in [6, 6.07) is 6.28. The number of nitrogen functional groups attached to an aromatic ring is 1. The Morgan fingerprint density at radius 3 is 2.95 bits per heavy atom. The molecule has 0 aliphatic carbocycles. The maximum atomic E-state index is 12.1. The fraction of sp³-hybridized carbons (Fsp3) is 0.562. The number of hydrogen-bond acceptors (Lipinski definition) is 3. The molecule has 1 aromatic carbocycles. The molecule has 1 amide bonds. The van der Waals surface area contributed by atoms with Gasteiger partial charge in [-0.05, 0) is 44.4 Å². The summed E-state index contributed by atoms with van der Waals surface area (Å²) >= 11 is 5.92. The van der Waals surface area contributed by atoms with Gasteiger partial charge in [0.2, 0.25) is 5.91 Å². The second kappa shape index (κ2) is 7.14. The van der Waals surface area contributed by atoms with E-state index in [-0.39, 0.29) is 5.91 Å². The lowest BCUT2D eigenvalue weighted by Gasteiger charge is -2.27. The van der Waals surface area contributed by atoms with Gasteiger partial charge in [0.25, 0.3) is 0 Å². The van der Waals surface area contributed by atoms with Gasteiger partial charge in [0.05, 0.1) is 11.4 Å². The molecule has 21 heavy (non-hydrogen) atoms. The van der Waals surface area contributed by atoms with Gasteiger partial charge in [-0.15, -0.1) is 0 Å². The van der Waals surface area contributed by atoms with Crippen molar-refractivity contribution in [1.82, 2.24) is 4.90 Å². The van der Waals surface area contributed by atoms with Crippen LogP contribution in [-0.2, 0) is 4.79 Å². The summed E-state index contributed by atoms with van der Waals surface area (Å²) < 4.78 is 0. The van der Waals surface area contributed by atoms with E-state index in [1.54, 1.807) is 18.2 Å². The lowest BCUT2D eigenvalue weighted by molar-refractivity contribution is -0.116. The molecule has 1 heterocycles. The van der Waals surface area contributed by atoms with Crippen molar-refractivity contribution in [3.05, 3.63) is 23.2 Å². The van der Waals surface area contributed by atoms with E-state index in [0.717, 1.165) is 13.0 Å². The molecule has 4 nitrogen and oxygen atoms in total. The van der Waals surface area contributed by atoms with Crippen molar-refractivity contribution >= 4 is 28.9 Å². The molecule has 1 saturated heterocycles. The number of carbonyl (C=O) groups is 1. The summed E-state index contributed by atoms with van der Waals surface area (Å²) in [5, 5.41) is 3.42. The smallest absolute Gasteiger partial charge is 0.225 e. The van der Waals surface area contributed by atoms with Crippen LogP contribution in [0.5, 0.6) is 0 Å². The third-order valence-electron chi connectivity index (χ3n) is 4.31. The first-order valence-electron chi connectivity index (χ1n) is 7.62. The molecule has 116 valence electrons. The van der Waals surface area contributed by atoms with Crippen LogP contribution in [0.25, 0.3) is 0 Å². The predicted octanol–water partition coefficient (Wildman–Crippen LogP) is 3.51. The number of nitrogens with zero attached hydrogens (tertiary/aromatic N) is 1. The highest BCUT2D eigenvalue weighted by molar-refractivity contribution is 6.31. The van der Waals surface area contributed by atoms with E-state index in [2.05, 4.69) is 24.1 Å². The third kappa shape index (κ3) is 4.11. The van der Waals surface area contributed by atoms with Crippen LogP contribution in [-0.4, -0.2) is 29.4 Å². The molecule has 1 aliphatic rings. The Kier molecular flexibility index (Phi) is 5.48. The fourth-order valence-electron chi connectivity index (χ4n) is 3.05. The van der Waals surface area contributed by atoms with E-state index < -0.39 is 0 Å². The van der Waals surface area contributed by atoms with Crippen molar-refractivity contribution < 1.29 is 4.79 Å². The Morgan fingerprint density at radius 1 is 1.48 bits per heavy atom. The van der Waals surface area contributed by atoms with Crippen LogP contribution in [0.15, 0.2) is 18.2 Å². The average Bonchev–Trinajstić information content (AvgIpc) is 2.81. The van der Waals surface area contributed by atoms with Crippen molar-refractivity contribution in [1.29, 1.82) is 0 Å². The van der Waals surface area contributed by atoms with Crippen molar-refractivity contribution in [3.8, 4) is 0 Å². The second-order valence-corrected chi connectivity index (χ2v) is 6.19. The fourth-order valence-corrected chi connectivity index (χ4v) is 3.22. The number of amides is 1. The van der Waals surface area contributed by atoms with Crippen molar-refractivity contribution in [2.24, 2.45) is 0 Å². The molecule has 2 unspecified atom stereocenters. The Morgan fingerprint density at radius 2 is 2.24 bits per heavy atom. The number of anilines is 2. The molecule has 2 rings (SSSR count). The standard InChI is InChI=1S/C16H24ClN3O/c1-3-13-6-4-11(2)20(13)9-8-16(21)19-15-10-12(17)5-7-14(15)18/h5,7,10-11,13H,3-4,6,8-9,18H2,1-2H3,(H,19,21). The summed E-state index contributed by atoms with van der Waals surface area (Å²) in [6.07, 6.45) is 4.09. The van der Waals surface area contributed by atoms with E-state index in [9.17, 15) is 4.79 Å². The Hall–Kier alpha value is -1.26. The molecule has 0 spiro atoms. The second-order valence-electron chi connectivity index (χ2n) is 5.76. The van der Waals surface area contributed by atoms with Crippen LogP contribution >= 0.6 is 11.6 Å². The first kappa shape index (κ1) is 16.1. The van der Waals surface area contributed by atoms with Crippen molar-refractivity contribution in [3.63, 3.8) is 0 Å². The monoisotopic (exact) mass is 309 g/mol. The number of hydrogen-bond donors (Lipinski definition) is 2. The molecule has 1 fully saturated rings. The summed E-state index contributed by atoms with van der Waals surface area (Å²) in [5.74, 6) is -0.0158. The van der Waals surface area contributed by atoms with Gasteiger partial charge in [-0.2, -0.15) is 0 Å². The van der Waals surface area contributed by atoms with Gasteiger partial charge < -0.3 is 11.1 Å². The van der Waals surface area contributed by atoms with Crippen LogP contribution in [0, 0.1) is 0 Å². The highest BCUT2D eigenvalue weighted by Crippen LogP contribution is 2.26. The van der Waals surface area contributed by atoms with Crippen LogP contribution < -0.4 is 11.1 Å². The molecule has 1 aromatic rings. The van der Waals surface area contributed by atoms with E-state index in [0.29, 0.717) is 34.9 Å². The highest BCUT2D eigenvalue weighted by Gasteiger charge is 2.29. The Balaban J connectivity index is 1.89. The van der Waals surface area contributed by atoms with E-state index in [1.165, 1.54) is 12.8 Å². The number of benzene rings is 1. The van der Waals surface area contributed by atoms with Gasteiger partial charge in [-0.3, -0.25) is 9.69 Å². The molecule has 0 bridgehead atoms. The predicted molar refractivity (Wildman–Crippen MR) is 88.6 cm³/mol. The van der Waals surface area contributed by atoms with Crippen LogP contribution in [0.3, 0.4) is 0 Å². The van der Waals surface area contributed by atoms with Gasteiger partial charge in [0.1, 0.15) is 0 Å². The molecule has 0 saturated carbocycles. The average molecular weight is 310 g/mol. The quantitative estimate of drug-likeness (QED) is 0.818. The highest BCUT2D eigenvalue weighted by atomic mass is 35.5. The first-order valence-corrected chi connectivity index (χ1v) is 7.99. The number of carbonyl (C=O) groups excluding carboxylic acids is 1. The van der Waals surface area contributed by atoms with Crippen LogP contribution in [0.4, 0.5) is 11.4 Å². The summed E-state index contributed by atoms with van der Waals surface area (Å²) in [4.78, 5) is 14.5. The largest absolute Gasteiger partial charge is 0.397 e. The molecule has 2 atom stereocenters. The summed E-state index contributed by atoms with van der Waals surface area (Å²) in [7, 11) is 0. The zero-order chi connectivity index (χ0) is 15.4. The molecular formula is C16H24ClN3O. The van der Waals surface area contributed by atoms with Gasteiger partial charge in [0, 0.05) is 30.1 Å². The minimum atomic E-state index is -0.0158. The minimum absolute atomic E-state index is 0.0158. The SMILES string of the molecule is CCC1CCC(C)N1CCC(=O)Nc1cc(Cl)ccc1N. The van der Waals surface area contributed by atoms with Gasteiger partial charge in [-0.1, -0.05) is 18.5 Å². The lowest BCUT2D eigenvalue weighted by Crippen LogP contribution is -2.36. The van der Waals surface area contributed by atoms with E-state index in [1.807, 2.05) is 0 Å². The van der Waals surface area contributed by atoms with Crippen LogP contribution in [0.2, 0.25) is 5.02 Å². The third-order valence-corrected chi connectivity index (χ3v) is 4.55. The summed E-state index contributed by atoms with van der Waals surface area (Å²) in [6.45, 7) is 5.25. The van der Waals surface area contributed by atoms with Crippen LogP contribution in [0.1, 0.15) is 39.5 Å². The maximum Gasteiger partial charge on any atom is 0.225 e. The number of likely N-dealkylation sites (tertiary alicyclic amines) is 1. The zero-order valence-electron chi connectivity index (χ0n) is 12.7. The minimum Gasteiger partial charge on any atom is -0.397 e. The summed E-state index contributed by atoms with van der Waals surface area (Å²) in [5.41, 5.74) is 6.97. The molecule has 3 N–H and O–H groups in total. The number of nitrogens with two attached hydrogens (primary N) is 1. The van der Waals surface area contributed by atoms with E-state index >= 15 is 0 Å². The Bertz CT molecular complexity index is 506. The van der Waals surface area contributed by atoms with Crippen molar-refractivity contribution in [2.75, 3.05) is 17.6 Å². The van der Waals surface area contributed by atoms with E-state index in [4.69, 9.17) is 17.3 Å². The van der Waals surface area contributed by atoms with Gasteiger partial charge in [0.15, 0.2) is 0 Å². The maximum absolute atomic E-state index is 12.1.